The molecule has 8 nitrogen and oxygen atoms in total. The topological polar surface area (TPSA) is 119 Å². The molecule has 1 heterocycles. The van der Waals surface area contributed by atoms with Crippen LogP contribution in [-0.2, 0) is 19.1 Å². The van der Waals surface area contributed by atoms with Gasteiger partial charge in [0.05, 0.1) is 5.56 Å². The van der Waals surface area contributed by atoms with E-state index in [9.17, 15) is 23.6 Å². The van der Waals surface area contributed by atoms with Gasteiger partial charge in [0.25, 0.3) is 11.8 Å². The molecule has 3 N–H and O–H groups in total. The molecule has 140 valence electrons. The molecule has 26 heavy (non-hydrogen) atoms. The van der Waals surface area contributed by atoms with Gasteiger partial charge in [-0.3, -0.25) is 19.2 Å². The smallest absolute Gasteiger partial charge is 0.325 e. The van der Waals surface area contributed by atoms with Gasteiger partial charge in [-0.15, -0.1) is 0 Å². The molecule has 1 aliphatic heterocycles. The first kappa shape index (κ1) is 19.4. The fraction of sp³-hybridized carbons (Fsp3) is 0.412. The number of hydrogen-bond donors (Lipinski definition) is 2. The molecule has 1 aliphatic rings. The number of likely N-dealkylation sites (tertiary alicyclic amines) is 1. The first-order valence-corrected chi connectivity index (χ1v) is 8.17. The van der Waals surface area contributed by atoms with Crippen molar-refractivity contribution in [1.29, 1.82) is 0 Å². The Bertz CT molecular complexity index is 709. The molecular weight excluding hydrogens is 345 g/mol. The van der Waals surface area contributed by atoms with Gasteiger partial charge in [0, 0.05) is 6.54 Å². The fourth-order valence-corrected chi connectivity index (χ4v) is 2.70. The maximum Gasteiger partial charge on any atom is 0.325 e. The van der Waals surface area contributed by atoms with Crippen molar-refractivity contribution in [3.63, 3.8) is 0 Å². The number of piperidine rings is 1. The van der Waals surface area contributed by atoms with Crippen LogP contribution in [0.15, 0.2) is 24.3 Å². The minimum absolute atomic E-state index is 0.200. The Morgan fingerprint density at radius 1 is 1.23 bits per heavy atom. The van der Waals surface area contributed by atoms with Crippen molar-refractivity contribution >= 4 is 23.7 Å². The van der Waals surface area contributed by atoms with Gasteiger partial charge < -0.3 is 20.7 Å². The molecular formula is C17H20FN3O5. The first-order valence-electron chi connectivity index (χ1n) is 8.17. The van der Waals surface area contributed by atoms with E-state index in [0.717, 1.165) is 18.9 Å². The van der Waals surface area contributed by atoms with Crippen LogP contribution in [-0.4, -0.2) is 54.3 Å². The van der Waals surface area contributed by atoms with Gasteiger partial charge in [-0.05, 0) is 31.4 Å². The minimum atomic E-state index is -0.851. The van der Waals surface area contributed by atoms with Gasteiger partial charge in [-0.1, -0.05) is 12.1 Å². The van der Waals surface area contributed by atoms with Crippen molar-refractivity contribution < 1.29 is 28.3 Å². The number of esters is 1. The first-order chi connectivity index (χ1) is 12.4. The van der Waals surface area contributed by atoms with Gasteiger partial charge in [0.2, 0.25) is 5.91 Å². The zero-order valence-corrected chi connectivity index (χ0v) is 14.1. The number of halogens is 1. The largest absolute Gasteiger partial charge is 0.454 e. The number of carbonyl (C=O) groups excluding carboxylic acids is 4. The summed E-state index contributed by atoms with van der Waals surface area (Å²) in [6.45, 7) is -0.702. The van der Waals surface area contributed by atoms with Gasteiger partial charge >= 0.3 is 5.97 Å². The lowest BCUT2D eigenvalue weighted by Crippen LogP contribution is -2.51. The average Bonchev–Trinajstić information content (AvgIpc) is 2.64. The highest BCUT2D eigenvalue weighted by molar-refractivity contribution is 5.96. The molecule has 0 aliphatic carbocycles. The van der Waals surface area contributed by atoms with Crippen LogP contribution in [0.5, 0.6) is 0 Å². The van der Waals surface area contributed by atoms with Crippen molar-refractivity contribution in [2.45, 2.75) is 25.3 Å². The molecule has 1 saturated heterocycles. The van der Waals surface area contributed by atoms with E-state index in [4.69, 9.17) is 10.5 Å². The summed E-state index contributed by atoms with van der Waals surface area (Å²) >= 11 is 0. The molecule has 9 heteroatoms. The van der Waals surface area contributed by atoms with Crippen LogP contribution in [0.2, 0.25) is 0 Å². The highest BCUT2D eigenvalue weighted by atomic mass is 19.1. The molecule has 0 unspecified atom stereocenters. The van der Waals surface area contributed by atoms with E-state index < -0.39 is 48.7 Å². The van der Waals surface area contributed by atoms with Crippen molar-refractivity contribution in [3.05, 3.63) is 35.6 Å². The van der Waals surface area contributed by atoms with Crippen LogP contribution in [0.25, 0.3) is 0 Å². The Morgan fingerprint density at radius 3 is 2.65 bits per heavy atom. The lowest BCUT2D eigenvalue weighted by atomic mass is 10.0. The van der Waals surface area contributed by atoms with Crippen LogP contribution < -0.4 is 11.1 Å². The number of benzene rings is 1. The molecule has 0 radical (unpaired) electrons. The predicted octanol–water partition coefficient (Wildman–Crippen LogP) is -0.0349. The lowest BCUT2D eigenvalue weighted by Gasteiger charge is -2.33. The normalized spacial score (nSPS) is 16.7. The number of nitrogens with one attached hydrogen (secondary N) is 1. The summed E-state index contributed by atoms with van der Waals surface area (Å²) in [5.74, 6) is -3.45. The molecule has 0 aromatic heterocycles. The number of amides is 3. The standard InChI is InChI=1S/C17H20FN3O5/c18-12-6-2-1-5-11(12)17(25)20-9-15(23)26-10-14(22)21-8-4-3-7-13(21)16(19)24/h1-2,5-6,13H,3-4,7-10H2,(H2,19,24)(H,20,25)/t13-/m0/s1. The van der Waals surface area contributed by atoms with Crippen molar-refractivity contribution in [1.82, 2.24) is 10.2 Å². The summed E-state index contributed by atoms with van der Waals surface area (Å²) < 4.78 is 18.3. The maximum absolute atomic E-state index is 13.5. The number of nitrogens with zero attached hydrogens (tertiary/aromatic N) is 1. The molecule has 0 bridgehead atoms. The summed E-state index contributed by atoms with van der Waals surface area (Å²) in [6, 6.07) is 4.63. The van der Waals surface area contributed by atoms with E-state index >= 15 is 0 Å². The van der Waals surface area contributed by atoms with Crippen LogP contribution in [0.4, 0.5) is 4.39 Å². The van der Waals surface area contributed by atoms with Crippen molar-refractivity contribution in [3.8, 4) is 0 Å². The quantitative estimate of drug-likeness (QED) is 0.686. The second kappa shape index (κ2) is 8.93. The van der Waals surface area contributed by atoms with Gasteiger partial charge in [0.1, 0.15) is 18.4 Å². The zero-order chi connectivity index (χ0) is 19.1. The summed E-state index contributed by atoms with van der Waals surface area (Å²) in [4.78, 5) is 48.3. The van der Waals surface area contributed by atoms with Gasteiger partial charge in [0.15, 0.2) is 6.61 Å². The predicted molar refractivity (Wildman–Crippen MR) is 88.2 cm³/mol. The van der Waals surface area contributed by atoms with Crippen molar-refractivity contribution in [2.24, 2.45) is 5.73 Å². The van der Waals surface area contributed by atoms with Crippen LogP contribution in [0.1, 0.15) is 29.6 Å². The third-order valence-electron chi connectivity index (χ3n) is 4.02. The van der Waals surface area contributed by atoms with Crippen molar-refractivity contribution in [2.75, 3.05) is 19.7 Å². The Balaban J connectivity index is 1.79. The molecule has 1 atom stereocenters. The third-order valence-corrected chi connectivity index (χ3v) is 4.02. The average molecular weight is 365 g/mol. The number of rotatable bonds is 6. The number of ether oxygens (including phenoxy) is 1. The summed E-state index contributed by atoms with van der Waals surface area (Å²) in [6.07, 6.45) is 2.01. The Kier molecular flexibility index (Phi) is 6.65. The van der Waals surface area contributed by atoms with E-state index in [-0.39, 0.29) is 5.56 Å². The molecule has 0 spiro atoms. The highest BCUT2D eigenvalue weighted by Crippen LogP contribution is 2.16. The summed E-state index contributed by atoms with van der Waals surface area (Å²) in [5.41, 5.74) is 5.08. The van der Waals surface area contributed by atoms with E-state index in [1.54, 1.807) is 0 Å². The number of nitrogens with two attached hydrogens (primary N) is 1. The molecule has 1 aromatic carbocycles. The van der Waals surface area contributed by atoms with Crippen LogP contribution >= 0.6 is 0 Å². The SMILES string of the molecule is NC(=O)[C@@H]1CCCCN1C(=O)COC(=O)CNC(=O)c1ccccc1F. The molecule has 2 rings (SSSR count). The highest BCUT2D eigenvalue weighted by Gasteiger charge is 2.30. The molecule has 1 aromatic rings. The second-order valence-electron chi connectivity index (χ2n) is 5.82. The number of hydrogen-bond acceptors (Lipinski definition) is 5. The number of carbonyl (C=O) groups is 4. The lowest BCUT2D eigenvalue weighted by molar-refractivity contribution is -0.154. The Hall–Kier alpha value is -2.97. The van der Waals surface area contributed by atoms with Gasteiger partial charge in [-0.2, -0.15) is 0 Å². The van der Waals surface area contributed by atoms with Crippen LogP contribution in [0, 0.1) is 5.82 Å². The second-order valence-corrected chi connectivity index (χ2v) is 5.82. The molecule has 0 saturated carbocycles. The van der Waals surface area contributed by atoms with E-state index in [2.05, 4.69) is 5.32 Å². The minimum Gasteiger partial charge on any atom is -0.454 e. The zero-order valence-electron chi connectivity index (χ0n) is 14.1. The van der Waals surface area contributed by atoms with E-state index in [1.165, 1.54) is 23.1 Å². The summed E-state index contributed by atoms with van der Waals surface area (Å²) in [7, 11) is 0. The number of primary amides is 1. The Morgan fingerprint density at radius 2 is 1.96 bits per heavy atom. The molecule has 3 amide bonds. The monoisotopic (exact) mass is 365 g/mol. The van der Waals surface area contributed by atoms with Crippen LogP contribution in [0.3, 0.4) is 0 Å². The van der Waals surface area contributed by atoms with E-state index in [0.29, 0.717) is 13.0 Å². The maximum atomic E-state index is 13.5. The Labute approximate surface area is 149 Å². The molecule has 1 fully saturated rings. The third kappa shape index (κ3) is 5.01. The fourth-order valence-electron chi connectivity index (χ4n) is 2.70. The van der Waals surface area contributed by atoms with E-state index in [1.807, 2.05) is 0 Å². The van der Waals surface area contributed by atoms with Gasteiger partial charge in [-0.25, -0.2) is 4.39 Å². The summed E-state index contributed by atoms with van der Waals surface area (Å²) in [5, 5.41) is 2.22.